The summed E-state index contributed by atoms with van der Waals surface area (Å²) < 4.78 is 20.0. The zero-order valence-electron chi connectivity index (χ0n) is 17.2. The Morgan fingerprint density at radius 2 is 2.16 bits per heavy atom. The van der Waals surface area contributed by atoms with Crippen molar-refractivity contribution >= 4 is 39.5 Å². The lowest BCUT2D eigenvalue weighted by Gasteiger charge is -2.31. The van der Waals surface area contributed by atoms with Gasteiger partial charge >= 0.3 is 0 Å². The summed E-state index contributed by atoms with van der Waals surface area (Å²) in [6.45, 7) is 4.62. The molecule has 1 aromatic carbocycles. The van der Waals surface area contributed by atoms with Crippen LogP contribution in [0.3, 0.4) is 0 Å². The number of nitrogens with one attached hydrogen (secondary N) is 1. The summed E-state index contributed by atoms with van der Waals surface area (Å²) in [4.78, 5) is 15.4. The number of piperidine rings is 1. The number of halogens is 1. The summed E-state index contributed by atoms with van der Waals surface area (Å²) in [5.41, 5.74) is 8.81. The fourth-order valence-electron chi connectivity index (χ4n) is 5.08. The van der Waals surface area contributed by atoms with Gasteiger partial charge in [-0.3, -0.25) is 0 Å². The van der Waals surface area contributed by atoms with E-state index >= 15 is 0 Å². The summed E-state index contributed by atoms with van der Waals surface area (Å²) in [7, 11) is 0. The Hall–Kier alpha value is -2.72. The molecule has 1 saturated heterocycles. The zero-order chi connectivity index (χ0) is 21.3. The largest absolute Gasteiger partial charge is 0.416 e. The number of hydrogen-bond acceptors (Lipinski definition) is 8. The number of nitrogens with zero attached hydrogens (tertiary/aromatic N) is 5. The van der Waals surface area contributed by atoms with E-state index in [-0.39, 0.29) is 11.9 Å². The number of nitrogens with two attached hydrogens (primary N) is 1. The van der Waals surface area contributed by atoms with Gasteiger partial charge in [-0.05, 0) is 42.9 Å². The highest BCUT2D eigenvalue weighted by molar-refractivity contribution is 7.98. The van der Waals surface area contributed by atoms with E-state index in [0.717, 1.165) is 53.5 Å². The van der Waals surface area contributed by atoms with E-state index in [9.17, 15) is 4.39 Å². The predicted molar refractivity (Wildman–Crippen MR) is 116 cm³/mol. The average molecular weight is 440 g/mol. The molecular weight excluding hydrogens is 417 g/mol. The average Bonchev–Trinajstić information content (AvgIpc) is 3.50. The van der Waals surface area contributed by atoms with Crippen molar-refractivity contribution in [3.05, 3.63) is 29.4 Å². The molecule has 3 aromatic heterocycles. The second kappa shape index (κ2) is 6.89. The lowest BCUT2D eigenvalue weighted by molar-refractivity contribution is 0.429. The van der Waals surface area contributed by atoms with E-state index < -0.39 is 0 Å². The first-order valence-corrected chi connectivity index (χ1v) is 11.3. The molecule has 4 aromatic rings. The number of rotatable bonds is 4. The first-order valence-electron chi connectivity index (χ1n) is 10.5. The van der Waals surface area contributed by atoms with Gasteiger partial charge in [0, 0.05) is 42.7 Å². The van der Waals surface area contributed by atoms with Crippen molar-refractivity contribution in [3.8, 4) is 0 Å². The number of hydrogen-bond donors (Lipinski definition) is 2. The van der Waals surface area contributed by atoms with Crippen LogP contribution in [0.4, 0.5) is 10.2 Å². The van der Waals surface area contributed by atoms with Gasteiger partial charge in [-0.1, -0.05) is 6.92 Å². The summed E-state index contributed by atoms with van der Waals surface area (Å²) in [5.74, 6) is 1.52. The third kappa shape index (κ3) is 3.00. The molecule has 1 aliphatic carbocycles. The van der Waals surface area contributed by atoms with Crippen molar-refractivity contribution in [2.45, 2.75) is 55.6 Å². The molecule has 0 spiro atoms. The Balaban J connectivity index is 1.56. The molecule has 10 heteroatoms. The summed E-state index contributed by atoms with van der Waals surface area (Å²) in [5, 5.41) is 10.5. The van der Waals surface area contributed by atoms with Gasteiger partial charge in [-0.15, -0.1) is 10.2 Å². The Labute approximate surface area is 181 Å². The van der Waals surface area contributed by atoms with E-state index in [1.54, 1.807) is 19.1 Å². The van der Waals surface area contributed by atoms with Gasteiger partial charge in [-0.25, -0.2) is 14.4 Å². The van der Waals surface area contributed by atoms with Crippen molar-refractivity contribution in [1.82, 2.24) is 25.1 Å². The first-order chi connectivity index (χ1) is 15.0. The second-order valence-corrected chi connectivity index (χ2v) is 9.33. The molecule has 2 fully saturated rings. The fourth-order valence-corrected chi connectivity index (χ4v) is 5.75. The SMILES string of the molecule is CCc1cc(F)cc2c1[nH]c1nc(Sc3nnc(C)o3)nc(N3C[C@H]4C[C@@H]3C[C@H]4N)c12. The summed E-state index contributed by atoms with van der Waals surface area (Å²) in [6.07, 6.45) is 2.73. The molecule has 6 rings (SSSR count). The molecule has 1 aliphatic heterocycles. The minimum Gasteiger partial charge on any atom is -0.416 e. The van der Waals surface area contributed by atoms with Gasteiger partial charge in [-0.2, -0.15) is 0 Å². The molecule has 0 unspecified atom stereocenters. The minimum absolute atomic E-state index is 0.237. The maximum absolute atomic E-state index is 14.5. The van der Waals surface area contributed by atoms with Crippen molar-refractivity contribution in [1.29, 1.82) is 0 Å². The lowest BCUT2D eigenvalue weighted by Crippen LogP contribution is -2.41. The van der Waals surface area contributed by atoms with Crippen molar-refractivity contribution in [2.75, 3.05) is 11.4 Å². The Morgan fingerprint density at radius 1 is 1.29 bits per heavy atom. The molecule has 8 nitrogen and oxygen atoms in total. The lowest BCUT2D eigenvalue weighted by atomic mass is 10.0. The third-order valence-corrected chi connectivity index (χ3v) is 7.21. The fraction of sp³-hybridized carbons (Fsp3) is 0.429. The minimum atomic E-state index is -0.249. The number of benzene rings is 1. The Bertz CT molecular complexity index is 1320. The number of aryl methyl sites for hydroxylation is 2. The van der Waals surface area contributed by atoms with Crippen LogP contribution in [0.1, 0.15) is 31.2 Å². The molecule has 4 heterocycles. The molecule has 31 heavy (non-hydrogen) atoms. The van der Waals surface area contributed by atoms with Gasteiger partial charge in [0.15, 0.2) is 0 Å². The van der Waals surface area contributed by atoms with Crippen molar-refractivity contribution in [3.63, 3.8) is 0 Å². The quantitative estimate of drug-likeness (QED) is 0.464. The smallest absolute Gasteiger partial charge is 0.284 e. The summed E-state index contributed by atoms with van der Waals surface area (Å²) >= 11 is 1.23. The van der Waals surface area contributed by atoms with Crippen molar-refractivity contribution in [2.24, 2.45) is 11.7 Å². The van der Waals surface area contributed by atoms with Crippen molar-refractivity contribution < 1.29 is 8.81 Å². The molecule has 0 amide bonds. The Kier molecular flexibility index (Phi) is 4.23. The number of fused-ring (bicyclic) bond motifs is 5. The van der Waals surface area contributed by atoms with E-state index in [1.165, 1.54) is 11.8 Å². The van der Waals surface area contributed by atoms with E-state index in [2.05, 4.69) is 20.1 Å². The molecule has 1 saturated carbocycles. The van der Waals surface area contributed by atoms with Gasteiger partial charge in [0.25, 0.3) is 5.22 Å². The van der Waals surface area contributed by atoms with E-state index in [0.29, 0.717) is 33.9 Å². The summed E-state index contributed by atoms with van der Waals surface area (Å²) in [6, 6.07) is 3.74. The number of aromatic amines is 1. The maximum Gasteiger partial charge on any atom is 0.284 e. The molecule has 0 radical (unpaired) electrons. The third-order valence-electron chi connectivity index (χ3n) is 6.50. The Morgan fingerprint density at radius 3 is 2.84 bits per heavy atom. The van der Waals surface area contributed by atoms with Crippen LogP contribution in [0, 0.1) is 18.7 Å². The molecule has 2 bridgehead atoms. The normalized spacial score (nSPS) is 23.0. The van der Waals surface area contributed by atoms with E-state index in [1.807, 2.05) is 6.92 Å². The highest BCUT2D eigenvalue weighted by Gasteiger charge is 2.44. The van der Waals surface area contributed by atoms with Gasteiger partial charge in [0.1, 0.15) is 17.3 Å². The highest BCUT2D eigenvalue weighted by atomic mass is 32.2. The number of anilines is 1. The monoisotopic (exact) mass is 439 g/mol. The molecular formula is C21H22FN7OS. The maximum atomic E-state index is 14.5. The highest BCUT2D eigenvalue weighted by Crippen LogP contribution is 2.43. The first kappa shape index (κ1) is 19.0. The van der Waals surface area contributed by atoms with Gasteiger partial charge in [0.05, 0.1) is 10.9 Å². The van der Waals surface area contributed by atoms with Crippen LogP contribution in [0.5, 0.6) is 0 Å². The van der Waals surface area contributed by atoms with Crippen LogP contribution in [-0.2, 0) is 6.42 Å². The van der Waals surface area contributed by atoms with Crippen LogP contribution in [0.25, 0.3) is 21.9 Å². The van der Waals surface area contributed by atoms with Crippen LogP contribution >= 0.6 is 11.8 Å². The predicted octanol–water partition coefficient (Wildman–Crippen LogP) is 3.58. The van der Waals surface area contributed by atoms with E-state index in [4.69, 9.17) is 20.1 Å². The van der Waals surface area contributed by atoms with Crippen LogP contribution in [0.2, 0.25) is 0 Å². The zero-order valence-corrected chi connectivity index (χ0v) is 18.0. The van der Waals surface area contributed by atoms with Crippen LogP contribution in [-0.4, -0.2) is 43.8 Å². The standard InChI is InChI=1S/C21H22FN7OS/c1-3-10-4-12(22)6-14-16-18(24-17(10)14)25-20(31-21-28-27-9(2)30-21)26-19(16)29-8-11-5-13(29)7-15(11)23/h4,6,11,13,15H,3,5,7-8,23H2,1-2H3,(H,24,25,26)/t11-,13-,15-/m1/s1. The van der Waals surface area contributed by atoms with Gasteiger partial charge in [0.2, 0.25) is 11.0 Å². The second-order valence-electron chi connectivity index (χ2n) is 8.41. The number of H-pyrrole nitrogens is 1. The molecule has 2 aliphatic rings. The molecule has 3 N–H and O–H groups in total. The van der Waals surface area contributed by atoms with Crippen LogP contribution < -0.4 is 10.6 Å². The molecule has 160 valence electrons. The van der Waals surface area contributed by atoms with Crippen LogP contribution in [0.15, 0.2) is 26.9 Å². The molecule has 3 atom stereocenters. The van der Waals surface area contributed by atoms with Gasteiger partial charge < -0.3 is 20.0 Å². The number of aromatic nitrogens is 5. The topological polar surface area (TPSA) is 110 Å².